The molecule has 8 atom stereocenters. The van der Waals surface area contributed by atoms with Crippen molar-refractivity contribution >= 4 is 29.6 Å². The van der Waals surface area contributed by atoms with Gasteiger partial charge in [0.1, 0.15) is 43.4 Å². The highest BCUT2D eigenvalue weighted by Crippen LogP contribution is 2.44. The summed E-state index contributed by atoms with van der Waals surface area (Å²) in [6.07, 6.45) is -7.39. The van der Waals surface area contributed by atoms with Gasteiger partial charge in [0.2, 0.25) is 0 Å². The number of hydrogen-bond donors (Lipinski definition) is 1. The first kappa shape index (κ1) is 38.8. The molecule has 2 heterocycles. The lowest BCUT2D eigenvalue weighted by molar-refractivity contribution is -0.347. The van der Waals surface area contributed by atoms with Gasteiger partial charge >= 0.3 is 18.0 Å². The molecule has 7 rings (SSSR count). The monoisotopic (exact) mass is 782 g/mol. The van der Waals surface area contributed by atoms with Crippen molar-refractivity contribution in [2.75, 3.05) is 19.1 Å². The molecule has 0 bridgehead atoms. The summed E-state index contributed by atoms with van der Waals surface area (Å²) >= 11 is 5.82. The van der Waals surface area contributed by atoms with E-state index in [0.717, 1.165) is 27.8 Å². The minimum Gasteiger partial charge on any atom is -0.459 e. The number of halogens is 1. The molecule has 0 spiro atoms. The van der Waals surface area contributed by atoms with Gasteiger partial charge in [-0.3, -0.25) is 4.79 Å². The van der Waals surface area contributed by atoms with E-state index in [0.29, 0.717) is 5.56 Å². The van der Waals surface area contributed by atoms with Crippen molar-refractivity contribution in [3.8, 4) is 11.1 Å². The Morgan fingerprint density at radius 1 is 0.893 bits per heavy atom. The second kappa shape index (κ2) is 18.0. The minimum absolute atomic E-state index is 0.00770. The van der Waals surface area contributed by atoms with Crippen LogP contribution in [0.15, 0.2) is 114 Å². The lowest BCUT2D eigenvalue weighted by Gasteiger charge is -2.48. The molecule has 2 saturated heterocycles. The molecule has 15 heteroatoms. The Morgan fingerprint density at radius 2 is 1.54 bits per heavy atom. The lowest BCUT2D eigenvalue weighted by Crippen LogP contribution is -2.64. The Balaban J connectivity index is 1.10. The summed E-state index contributed by atoms with van der Waals surface area (Å²) in [7, 11) is 0. The average molecular weight is 783 g/mol. The van der Waals surface area contributed by atoms with Gasteiger partial charge in [-0.25, -0.2) is 9.59 Å². The maximum absolute atomic E-state index is 13.8. The van der Waals surface area contributed by atoms with Gasteiger partial charge in [-0.15, -0.1) is 11.6 Å². The summed E-state index contributed by atoms with van der Waals surface area (Å²) in [5, 5.41) is 6.51. The number of alkyl halides is 1. The summed E-state index contributed by atoms with van der Waals surface area (Å²) in [5.41, 5.74) is 15.2. The van der Waals surface area contributed by atoms with Crippen molar-refractivity contribution < 1.29 is 47.5 Å². The van der Waals surface area contributed by atoms with Gasteiger partial charge in [-0.2, -0.15) is 0 Å². The van der Waals surface area contributed by atoms with Crippen LogP contribution in [-0.2, 0) is 49.4 Å². The van der Waals surface area contributed by atoms with Crippen LogP contribution >= 0.6 is 11.6 Å². The fourth-order valence-corrected chi connectivity index (χ4v) is 7.26. The second-order valence-corrected chi connectivity index (χ2v) is 13.7. The fraction of sp³-hybridized carbons (Fsp3) is 0.341. The molecular weight excluding hydrogens is 744 g/mol. The van der Waals surface area contributed by atoms with E-state index in [1.54, 1.807) is 24.3 Å². The van der Waals surface area contributed by atoms with E-state index in [1.165, 1.54) is 6.92 Å². The largest absolute Gasteiger partial charge is 0.459 e. The molecule has 1 N–H and O–H groups in total. The molecule has 0 radical (unpaired) electrons. The number of benzene rings is 4. The zero-order chi connectivity index (χ0) is 39.0. The smallest absolute Gasteiger partial charge is 0.407 e. The van der Waals surface area contributed by atoms with Crippen LogP contribution in [0.4, 0.5) is 4.79 Å². The van der Waals surface area contributed by atoms with Crippen molar-refractivity contribution in [2.45, 2.75) is 68.5 Å². The van der Waals surface area contributed by atoms with Crippen LogP contribution in [0, 0.1) is 0 Å². The number of hydrogen-bond acceptors (Lipinski definition) is 11. The molecule has 290 valence electrons. The van der Waals surface area contributed by atoms with Crippen LogP contribution in [0.25, 0.3) is 21.6 Å². The van der Waals surface area contributed by atoms with Gasteiger partial charge in [-0.1, -0.05) is 114 Å². The van der Waals surface area contributed by atoms with Gasteiger partial charge in [0, 0.05) is 16.4 Å². The number of ether oxygens (including phenoxy) is 7. The summed E-state index contributed by atoms with van der Waals surface area (Å²) < 4.78 is 41.8. The predicted molar refractivity (Wildman–Crippen MR) is 201 cm³/mol. The molecule has 2 fully saturated rings. The fourth-order valence-electron chi connectivity index (χ4n) is 7.20. The lowest BCUT2D eigenvalue weighted by atomic mass is 9.95. The third-order valence-electron chi connectivity index (χ3n) is 9.85. The molecule has 3 aliphatic rings. The van der Waals surface area contributed by atoms with E-state index in [1.807, 2.05) is 84.9 Å². The van der Waals surface area contributed by atoms with Crippen molar-refractivity contribution in [1.82, 2.24) is 5.32 Å². The number of alkyl carbamates (subject to hydrolysis) is 1. The first-order valence-corrected chi connectivity index (χ1v) is 18.6. The molecular formula is C41H39ClN4O10. The average Bonchev–Trinajstić information content (AvgIpc) is 3.56. The molecule has 0 aromatic heterocycles. The van der Waals surface area contributed by atoms with E-state index in [-0.39, 0.29) is 25.7 Å². The second-order valence-electron chi connectivity index (χ2n) is 13.4. The SMILES string of the molecule is C[C@@H](O[C@H]1O[C@@H]2COC(c3ccccc3)O[C@@H]2[C@H](OC(=O)CCl)[C@H]1N=[N+]=[N-])[C@H](NC(=O)OCC1c2ccccc2-c2ccccc21)C(=O)OCc1ccccc1. The standard InChI is InChI=1S/C41H39ClN4O10/c1-24(53-40-35(45-46-43)37(55-33(47)20-42)36-32(54-40)23-51-39(56-36)26-14-6-3-7-15-26)34(38(48)50-21-25-12-4-2-5-13-25)44-41(49)52-22-31-29-18-10-8-16-27(29)28-17-9-11-19-30(28)31/h2-19,24,31-32,34-37,39-40H,20-23H2,1H3,(H,44,49)/t24-,32-,34+,35-,36+,37-,39?,40+/m1/s1. The third kappa shape index (κ3) is 8.66. The van der Waals surface area contributed by atoms with Crippen molar-refractivity contribution in [2.24, 2.45) is 5.11 Å². The molecule has 2 aliphatic heterocycles. The Morgan fingerprint density at radius 3 is 2.20 bits per heavy atom. The number of rotatable bonds is 13. The molecule has 1 amide bonds. The number of amides is 1. The van der Waals surface area contributed by atoms with Crippen molar-refractivity contribution in [3.05, 3.63) is 142 Å². The summed E-state index contributed by atoms with van der Waals surface area (Å²) in [6.45, 7) is 1.40. The number of carbonyl (C=O) groups is 3. The maximum Gasteiger partial charge on any atom is 0.407 e. The van der Waals surface area contributed by atoms with Crippen LogP contribution in [0.2, 0.25) is 0 Å². The highest BCUT2D eigenvalue weighted by molar-refractivity contribution is 6.26. The Hall–Kier alpha value is -5.47. The topological polar surface area (TPSA) is 177 Å². The van der Waals surface area contributed by atoms with Gasteiger partial charge in [-0.05, 0) is 40.3 Å². The normalized spacial score (nSPS) is 23.5. The van der Waals surface area contributed by atoms with E-state index in [2.05, 4.69) is 15.3 Å². The van der Waals surface area contributed by atoms with E-state index in [4.69, 9.17) is 44.8 Å². The van der Waals surface area contributed by atoms with Crippen molar-refractivity contribution in [1.29, 1.82) is 0 Å². The zero-order valence-corrected chi connectivity index (χ0v) is 31.0. The van der Waals surface area contributed by atoms with Crippen LogP contribution in [0.1, 0.15) is 41.4 Å². The number of nitrogens with one attached hydrogen (secondary N) is 1. The Kier molecular flexibility index (Phi) is 12.5. The van der Waals surface area contributed by atoms with Crippen LogP contribution in [0.3, 0.4) is 0 Å². The van der Waals surface area contributed by atoms with Crippen LogP contribution < -0.4 is 5.32 Å². The summed E-state index contributed by atoms with van der Waals surface area (Å²) in [5.74, 6) is -2.35. The summed E-state index contributed by atoms with van der Waals surface area (Å²) in [6, 6.07) is 31.2. The van der Waals surface area contributed by atoms with Gasteiger partial charge in [0.25, 0.3) is 0 Å². The molecule has 0 saturated carbocycles. The van der Waals surface area contributed by atoms with E-state index >= 15 is 0 Å². The molecule has 4 aromatic carbocycles. The van der Waals surface area contributed by atoms with E-state index in [9.17, 15) is 19.9 Å². The van der Waals surface area contributed by atoms with Crippen LogP contribution in [-0.4, -0.2) is 79.9 Å². The molecule has 1 aliphatic carbocycles. The molecule has 4 aromatic rings. The molecule has 56 heavy (non-hydrogen) atoms. The molecule has 1 unspecified atom stereocenters. The maximum atomic E-state index is 13.8. The minimum atomic E-state index is -1.44. The number of fused-ring (bicyclic) bond motifs is 4. The number of nitrogens with zero attached hydrogens (tertiary/aromatic N) is 3. The third-order valence-corrected chi connectivity index (χ3v) is 10.1. The number of esters is 2. The molecule has 14 nitrogen and oxygen atoms in total. The van der Waals surface area contributed by atoms with E-state index < -0.39 is 73.0 Å². The highest BCUT2D eigenvalue weighted by Gasteiger charge is 2.53. The predicted octanol–water partition coefficient (Wildman–Crippen LogP) is 6.71. The number of azide groups is 1. The number of carbonyl (C=O) groups excluding carboxylic acids is 3. The van der Waals surface area contributed by atoms with Crippen molar-refractivity contribution in [3.63, 3.8) is 0 Å². The first-order chi connectivity index (χ1) is 27.3. The highest BCUT2D eigenvalue weighted by atomic mass is 35.5. The first-order valence-electron chi connectivity index (χ1n) is 18.1. The Labute approximate surface area is 327 Å². The quantitative estimate of drug-likeness (QED) is 0.0383. The zero-order valence-electron chi connectivity index (χ0n) is 30.2. The Bertz CT molecular complexity index is 2010. The summed E-state index contributed by atoms with van der Waals surface area (Å²) in [4.78, 5) is 42.9. The van der Waals surface area contributed by atoms with Gasteiger partial charge in [0.15, 0.2) is 18.6 Å². The van der Waals surface area contributed by atoms with Crippen LogP contribution in [0.5, 0.6) is 0 Å². The van der Waals surface area contributed by atoms with Gasteiger partial charge < -0.3 is 38.5 Å². The van der Waals surface area contributed by atoms with Gasteiger partial charge in [0.05, 0.1) is 12.7 Å².